The van der Waals surface area contributed by atoms with Crippen LogP contribution in [0.1, 0.15) is 30.2 Å². The molecule has 0 aliphatic carbocycles. The second-order valence-corrected chi connectivity index (χ2v) is 7.04. The van der Waals surface area contributed by atoms with E-state index in [1.807, 2.05) is 18.2 Å². The molecule has 4 rings (SSSR count). The van der Waals surface area contributed by atoms with Crippen LogP contribution in [0, 0.1) is 0 Å². The van der Waals surface area contributed by atoms with Gasteiger partial charge in [-0.2, -0.15) is 0 Å². The lowest BCUT2D eigenvalue weighted by Gasteiger charge is -2.09. The van der Waals surface area contributed by atoms with Crippen LogP contribution in [0.25, 0.3) is 22.1 Å². The highest BCUT2D eigenvalue weighted by atomic mass is 35.5. The molecule has 28 heavy (non-hydrogen) atoms. The first-order valence-electron chi connectivity index (χ1n) is 8.80. The standard InChI is InChI=1S/C19H18ClN5O3/c1-4-24-17-15(23(3)16(22-17)10(2)26)18(27)25(19(24)28)9-11-8-12-13(20)6-5-7-14(12)21-11/h5-8,21H,4,9H2,1-3H3. The molecule has 0 amide bonds. The maximum absolute atomic E-state index is 13.1. The summed E-state index contributed by atoms with van der Waals surface area (Å²) in [4.78, 5) is 45.3. The minimum absolute atomic E-state index is 0.0548. The van der Waals surface area contributed by atoms with Crippen molar-refractivity contribution < 1.29 is 4.79 Å². The molecule has 3 heterocycles. The number of carbonyl (C=O) groups is 1. The monoisotopic (exact) mass is 399 g/mol. The summed E-state index contributed by atoms with van der Waals surface area (Å²) in [6, 6.07) is 7.31. The first kappa shape index (κ1) is 18.2. The fourth-order valence-corrected chi connectivity index (χ4v) is 3.76. The number of hydrogen-bond acceptors (Lipinski definition) is 4. The Kier molecular flexibility index (Phi) is 4.23. The number of nitrogens with zero attached hydrogens (tertiary/aromatic N) is 4. The Morgan fingerprint density at radius 1 is 1.25 bits per heavy atom. The number of halogens is 1. The van der Waals surface area contributed by atoms with Crippen LogP contribution < -0.4 is 11.2 Å². The van der Waals surface area contributed by atoms with Crippen LogP contribution in [0.4, 0.5) is 0 Å². The van der Waals surface area contributed by atoms with Gasteiger partial charge < -0.3 is 9.55 Å². The van der Waals surface area contributed by atoms with E-state index in [0.29, 0.717) is 17.3 Å². The third-order valence-electron chi connectivity index (χ3n) is 4.87. The Morgan fingerprint density at radius 3 is 2.64 bits per heavy atom. The molecule has 0 saturated carbocycles. The number of hydrogen-bond donors (Lipinski definition) is 1. The van der Waals surface area contributed by atoms with Crippen molar-refractivity contribution in [1.82, 2.24) is 23.7 Å². The van der Waals surface area contributed by atoms with E-state index in [0.717, 1.165) is 15.5 Å². The Hall–Kier alpha value is -3.13. The molecule has 0 spiro atoms. The van der Waals surface area contributed by atoms with Crippen molar-refractivity contribution in [3.05, 3.63) is 61.6 Å². The van der Waals surface area contributed by atoms with E-state index in [1.54, 1.807) is 20.0 Å². The van der Waals surface area contributed by atoms with Gasteiger partial charge in [0, 0.05) is 42.1 Å². The minimum atomic E-state index is -0.489. The van der Waals surface area contributed by atoms with Gasteiger partial charge in [-0.1, -0.05) is 17.7 Å². The summed E-state index contributed by atoms with van der Waals surface area (Å²) in [7, 11) is 1.60. The van der Waals surface area contributed by atoms with Gasteiger partial charge >= 0.3 is 5.69 Å². The van der Waals surface area contributed by atoms with E-state index in [-0.39, 0.29) is 29.3 Å². The number of H-pyrrole nitrogens is 1. The van der Waals surface area contributed by atoms with Crippen molar-refractivity contribution in [2.45, 2.75) is 26.9 Å². The molecular formula is C19H18ClN5O3. The van der Waals surface area contributed by atoms with Gasteiger partial charge in [-0.05, 0) is 25.1 Å². The zero-order chi connectivity index (χ0) is 20.2. The summed E-state index contributed by atoms with van der Waals surface area (Å²) in [5, 5.41) is 1.41. The van der Waals surface area contributed by atoms with Crippen molar-refractivity contribution in [2.24, 2.45) is 7.05 Å². The molecule has 144 valence electrons. The zero-order valence-electron chi connectivity index (χ0n) is 15.6. The Bertz CT molecular complexity index is 1370. The highest BCUT2D eigenvalue weighted by Crippen LogP contribution is 2.24. The Balaban J connectivity index is 1.97. The highest BCUT2D eigenvalue weighted by molar-refractivity contribution is 6.35. The van der Waals surface area contributed by atoms with Crippen molar-refractivity contribution in [2.75, 3.05) is 0 Å². The Labute approximate surface area is 164 Å². The van der Waals surface area contributed by atoms with Crippen LogP contribution in [0.3, 0.4) is 0 Å². The van der Waals surface area contributed by atoms with Crippen LogP contribution in [0.2, 0.25) is 5.02 Å². The van der Waals surface area contributed by atoms with Crippen LogP contribution in [0.15, 0.2) is 33.9 Å². The summed E-state index contributed by atoms with van der Waals surface area (Å²) in [5.74, 6) is -0.131. The fourth-order valence-electron chi connectivity index (χ4n) is 3.53. The number of nitrogens with one attached hydrogen (secondary N) is 1. The molecule has 1 N–H and O–H groups in total. The average Bonchev–Trinajstić information content (AvgIpc) is 3.21. The maximum atomic E-state index is 13.1. The van der Waals surface area contributed by atoms with Crippen LogP contribution >= 0.6 is 11.6 Å². The van der Waals surface area contributed by atoms with Gasteiger partial charge in [-0.3, -0.25) is 18.7 Å². The third-order valence-corrected chi connectivity index (χ3v) is 5.20. The van der Waals surface area contributed by atoms with E-state index in [2.05, 4.69) is 9.97 Å². The van der Waals surface area contributed by atoms with Gasteiger partial charge in [-0.25, -0.2) is 9.78 Å². The number of ketones is 1. The maximum Gasteiger partial charge on any atom is 0.333 e. The van der Waals surface area contributed by atoms with Gasteiger partial charge in [0.05, 0.1) is 6.54 Å². The molecule has 3 aromatic heterocycles. The number of aromatic nitrogens is 5. The number of aryl methyl sites for hydroxylation is 2. The number of carbonyl (C=O) groups excluding carboxylic acids is 1. The van der Waals surface area contributed by atoms with Gasteiger partial charge in [0.25, 0.3) is 5.56 Å². The van der Waals surface area contributed by atoms with Gasteiger partial charge in [0.15, 0.2) is 22.8 Å². The normalized spacial score (nSPS) is 11.6. The van der Waals surface area contributed by atoms with Gasteiger partial charge in [0.2, 0.25) is 0 Å². The first-order chi connectivity index (χ1) is 13.3. The lowest BCUT2D eigenvalue weighted by molar-refractivity contribution is 0.100. The van der Waals surface area contributed by atoms with Crippen molar-refractivity contribution in [3.63, 3.8) is 0 Å². The van der Waals surface area contributed by atoms with E-state index in [9.17, 15) is 14.4 Å². The number of rotatable bonds is 4. The van der Waals surface area contributed by atoms with Crippen molar-refractivity contribution >= 4 is 39.5 Å². The molecular weight excluding hydrogens is 382 g/mol. The fraction of sp³-hybridized carbons (Fsp3) is 0.263. The number of benzene rings is 1. The summed E-state index contributed by atoms with van der Waals surface area (Å²) in [6.45, 7) is 3.55. The number of fused-ring (bicyclic) bond motifs is 2. The first-order valence-corrected chi connectivity index (χ1v) is 9.18. The Morgan fingerprint density at radius 2 is 2.00 bits per heavy atom. The number of Topliss-reactive ketones (excluding diaryl/α,β-unsaturated/α-hetero) is 1. The predicted octanol–water partition coefficient (Wildman–Crippen LogP) is 2.30. The second-order valence-electron chi connectivity index (χ2n) is 6.64. The van der Waals surface area contributed by atoms with Crippen LogP contribution in [-0.2, 0) is 20.1 Å². The zero-order valence-corrected chi connectivity index (χ0v) is 16.4. The quantitative estimate of drug-likeness (QED) is 0.533. The molecule has 1 aromatic carbocycles. The molecule has 0 radical (unpaired) electrons. The van der Waals surface area contributed by atoms with E-state index < -0.39 is 11.2 Å². The molecule has 0 fully saturated rings. The van der Waals surface area contributed by atoms with Crippen molar-refractivity contribution in [1.29, 1.82) is 0 Å². The predicted molar refractivity (Wildman–Crippen MR) is 107 cm³/mol. The third kappa shape index (κ3) is 2.60. The van der Waals surface area contributed by atoms with Gasteiger partial charge in [-0.15, -0.1) is 0 Å². The number of imidazole rings is 1. The van der Waals surface area contributed by atoms with Crippen molar-refractivity contribution in [3.8, 4) is 0 Å². The molecule has 0 atom stereocenters. The smallest absolute Gasteiger partial charge is 0.333 e. The molecule has 9 heteroatoms. The van der Waals surface area contributed by atoms with E-state index >= 15 is 0 Å². The topological polar surface area (TPSA) is 94.7 Å². The lowest BCUT2D eigenvalue weighted by atomic mass is 10.2. The molecule has 4 aromatic rings. The summed E-state index contributed by atoms with van der Waals surface area (Å²) >= 11 is 6.22. The lowest BCUT2D eigenvalue weighted by Crippen LogP contribution is -2.40. The van der Waals surface area contributed by atoms with Crippen LogP contribution in [-0.4, -0.2) is 29.5 Å². The van der Waals surface area contributed by atoms with E-state index in [4.69, 9.17) is 11.6 Å². The average molecular weight is 400 g/mol. The molecule has 8 nitrogen and oxygen atoms in total. The second kappa shape index (κ2) is 6.49. The molecule has 0 aliphatic rings. The van der Waals surface area contributed by atoms with E-state index in [1.165, 1.54) is 16.1 Å². The van der Waals surface area contributed by atoms with Crippen LogP contribution in [0.5, 0.6) is 0 Å². The summed E-state index contributed by atoms with van der Waals surface area (Å²) < 4.78 is 4.00. The molecule has 0 aliphatic heterocycles. The van der Waals surface area contributed by atoms with Gasteiger partial charge in [0.1, 0.15) is 0 Å². The summed E-state index contributed by atoms with van der Waals surface area (Å²) in [5.41, 5.74) is 0.988. The summed E-state index contributed by atoms with van der Waals surface area (Å²) in [6.07, 6.45) is 0. The SMILES string of the molecule is CCn1c(=O)n(Cc2cc3c(Cl)cccc3[nH]2)c(=O)c2c1nc(C(C)=O)n2C. The molecule has 0 bridgehead atoms. The number of aromatic amines is 1. The largest absolute Gasteiger partial charge is 0.357 e. The minimum Gasteiger partial charge on any atom is -0.357 e. The highest BCUT2D eigenvalue weighted by Gasteiger charge is 2.21. The molecule has 0 unspecified atom stereocenters. The molecule has 0 saturated heterocycles.